The van der Waals surface area contributed by atoms with E-state index in [4.69, 9.17) is 0 Å². The van der Waals surface area contributed by atoms with Gasteiger partial charge in [-0.1, -0.05) is 6.07 Å². The Balaban J connectivity index is 1.48. The van der Waals surface area contributed by atoms with E-state index in [1.54, 1.807) is 9.36 Å². The Kier molecular flexibility index (Phi) is 4.97. The monoisotopic (exact) mass is 475 g/mol. The Morgan fingerprint density at radius 3 is 2.77 bits per heavy atom. The molecule has 3 N–H and O–H groups in total. The summed E-state index contributed by atoms with van der Waals surface area (Å²) in [6.45, 7) is 4.75. The normalized spacial score (nSPS) is 15.9. The van der Waals surface area contributed by atoms with Crippen LogP contribution in [0, 0.1) is 5.82 Å². The van der Waals surface area contributed by atoms with Crippen LogP contribution in [0.1, 0.15) is 49.6 Å². The van der Waals surface area contributed by atoms with Gasteiger partial charge in [-0.05, 0) is 75.0 Å². The highest BCUT2D eigenvalue weighted by atomic mass is 19.1. The van der Waals surface area contributed by atoms with Crippen LogP contribution in [0.15, 0.2) is 41.3 Å². The standard InChI is InChI=1S/C25H26FN7O2/c1-25(2,35)21-19(26)7-8-20(30-21)33-22-18(23(34)32(33)17-5-6-17)13-28-24(31-22)29-16-4-3-15-12-27-10-9-14(15)11-16/h3-4,7-8,11,13,17,27,35H,5-6,9-10,12H2,1-2H3,(H,28,29,31). The molecule has 4 heterocycles. The second-order valence-electron chi connectivity index (χ2n) is 9.72. The van der Waals surface area contributed by atoms with E-state index in [2.05, 4.69) is 37.7 Å². The number of aromatic nitrogens is 5. The molecule has 0 atom stereocenters. The summed E-state index contributed by atoms with van der Waals surface area (Å²) >= 11 is 0. The maximum absolute atomic E-state index is 14.5. The van der Waals surface area contributed by atoms with Gasteiger partial charge in [-0.3, -0.25) is 4.79 Å². The lowest BCUT2D eigenvalue weighted by molar-refractivity contribution is 0.0694. The third-order valence-electron chi connectivity index (χ3n) is 6.49. The molecule has 180 valence electrons. The fourth-order valence-electron chi connectivity index (χ4n) is 4.59. The zero-order chi connectivity index (χ0) is 24.3. The van der Waals surface area contributed by atoms with Crippen molar-refractivity contribution in [2.24, 2.45) is 0 Å². The molecule has 0 spiro atoms. The molecule has 10 heteroatoms. The van der Waals surface area contributed by atoms with Crippen molar-refractivity contribution in [1.82, 2.24) is 29.6 Å². The minimum atomic E-state index is -1.49. The highest BCUT2D eigenvalue weighted by Crippen LogP contribution is 2.36. The Morgan fingerprint density at radius 2 is 2.00 bits per heavy atom. The third kappa shape index (κ3) is 3.88. The van der Waals surface area contributed by atoms with Gasteiger partial charge in [-0.15, -0.1) is 0 Å². The molecule has 0 unspecified atom stereocenters. The maximum Gasteiger partial charge on any atom is 0.278 e. The molecule has 1 aliphatic carbocycles. The number of anilines is 2. The van der Waals surface area contributed by atoms with Gasteiger partial charge in [0.15, 0.2) is 11.5 Å². The van der Waals surface area contributed by atoms with E-state index in [0.717, 1.165) is 38.0 Å². The van der Waals surface area contributed by atoms with Crippen molar-refractivity contribution < 1.29 is 9.50 Å². The number of nitrogens with zero attached hydrogens (tertiary/aromatic N) is 5. The van der Waals surface area contributed by atoms with E-state index in [9.17, 15) is 14.3 Å². The van der Waals surface area contributed by atoms with Crippen LogP contribution in [0.4, 0.5) is 16.0 Å². The summed E-state index contributed by atoms with van der Waals surface area (Å²) in [5, 5.41) is 17.4. The first-order valence-corrected chi connectivity index (χ1v) is 11.8. The van der Waals surface area contributed by atoms with Crippen molar-refractivity contribution in [2.75, 3.05) is 11.9 Å². The molecule has 1 saturated carbocycles. The zero-order valence-electron chi connectivity index (χ0n) is 19.5. The Hall–Kier alpha value is -3.63. The topological polar surface area (TPSA) is 110 Å². The van der Waals surface area contributed by atoms with E-state index in [1.807, 2.05) is 6.07 Å². The molecule has 2 aliphatic rings. The predicted octanol–water partition coefficient (Wildman–Crippen LogP) is 3.07. The van der Waals surface area contributed by atoms with Gasteiger partial charge in [0.1, 0.15) is 22.5 Å². The fraction of sp³-hybridized carbons (Fsp3) is 0.360. The quantitative estimate of drug-likeness (QED) is 0.407. The van der Waals surface area contributed by atoms with Gasteiger partial charge in [-0.25, -0.2) is 23.7 Å². The smallest absolute Gasteiger partial charge is 0.278 e. The molecule has 0 saturated heterocycles. The lowest BCUT2D eigenvalue weighted by Crippen LogP contribution is -2.24. The summed E-state index contributed by atoms with van der Waals surface area (Å²) in [5.41, 5.74) is 2.00. The van der Waals surface area contributed by atoms with Crippen LogP contribution >= 0.6 is 0 Å². The van der Waals surface area contributed by atoms with E-state index in [1.165, 1.54) is 43.3 Å². The summed E-state index contributed by atoms with van der Waals surface area (Å²) in [7, 11) is 0. The number of hydrogen-bond acceptors (Lipinski definition) is 7. The number of halogens is 1. The van der Waals surface area contributed by atoms with Crippen LogP contribution in [-0.2, 0) is 18.6 Å². The molecular formula is C25H26FN7O2. The first-order chi connectivity index (χ1) is 16.8. The van der Waals surface area contributed by atoms with Crippen LogP contribution < -0.4 is 16.2 Å². The van der Waals surface area contributed by atoms with Crippen molar-refractivity contribution in [3.63, 3.8) is 0 Å². The van der Waals surface area contributed by atoms with Crippen LogP contribution in [0.25, 0.3) is 16.9 Å². The molecule has 6 rings (SSSR count). The van der Waals surface area contributed by atoms with Crippen molar-refractivity contribution in [2.45, 2.75) is 51.3 Å². The van der Waals surface area contributed by atoms with E-state index in [-0.39, 0.29) is 17.3 Å². The molecule has 3 aromatic heterocycles. The average Bonchev–Trinajstić information content (AvgIpc) is 3.63. The number of pyridine rings is 1. The summed E-state index contributed by atoms with van der Waals surface area (Å²) in [4.78, 5) is 26.7. The van der Waals surface area contributed by atoms with Crippen molar-refractivity contribution in [3.05, 3.63) is 69.5 Å². The highest BCUT2D eigenvalue weighted by molar-refractivity contribution is 5.77. The maximum atomic E-state index is 14.5. The minimum Gasteiger partial charge on any atom is -0.384 e. The second kappa shape index (κ2) is 7.96. The van der Waals surface area contributed by atoms with Gasteiger partial charge < -0.3 is 15.7 Å². The summed E-state index contributed by atoms with van der Waals surface area (Å²) in [6, 6.07) is 8.94. The first-order valence-electron chi connectivity index (χ1n) is 11.8. The molecule has 0 radical (unpaired) electrons. The van der Waals surface area contributed by atoms with Crippen LogP contribution in [0.2, 0.25) is 0 Å². The average molecular weight is 476 g/mol. The van der Waals surface area contributed by atoms with Gasteiger partial charge in [0.05, 0.1) is 6.04 Å². The molecule has 1 aliphatic heterocycles. The molecule has 1 aromatic carbocycles. The van der Waals surface area contributed by atoms with Crippen LogP contribution in [0.5, 0.6) is 0 Å². The summed E-state index contributed by atoms with van der Waals surface area (Å²) in [6.07, 6.45) is 4.19. The summed E-state index contributed by atoms with van der Waals surface area (Å²) < 4.78 is 17.7. The van der Waals surface area contributed by atoms with Crippen molar-refractivity contribution in [3.8, 4) is 5.82 Å². The van der Waals surface area contributed by atoms with Gasteiger partial charge in [0.25, 0.3) is 5.56 Å². The number of rotatable bonds is 5. The number of fused-ring (bicyclic) bond motifs is 2. The third-order valence-corrected chi connectivity index (χ3v) is 6.49. The summed E-state index contributed by atoms with van der Waals surface area (Å²) in [5.74, 6) is 0.0454. The number of benzene rings is 1. The molecular weight excluding hydrogens is 449 g/mol. The minimum absolute atomic E-state index is 0.0137. The predicted molar refractivity (Wildman–Crippen MR) is 130 cm³/mol. The van der Waals surface area contributed by atoms with Gasteiger partial charge in [0.2, 0.25) is 5.95 Å². The van der Waals surface area contributed by atoms with Crippen molar-refractivity contribution in [1.29, 1.82) is 0 Å². The SMILES string of the molecule is CC(C)(O)c1nc(-n2c3nc(Nc4ccc5c(c4)CCNC5)ncc3c(=O)n2C2CC2)ccc1F. The van der Waals surface area contributed by atoms with Crippen LogP contribution in [0.3, 0.4) is 0 Å². The lowest BCUT2D eigenvalue weighted by Gasteiger charge is -2.19. The van der Waals surface area contributed by atoms with Gasteiger partial charge >= 0.3 is 0 Å². The van der Waals surface area contributed by atoms with E-state index < -0.39 is 11.4 Å². The van der Waals surface area contributed by atoms with E-state index >= 15 is 0 Å². The number of nitrogens with one attached hydrogen (secondary N) is 2. The van der Waals surface area contributed by atoms with Crippen LogP contribution in [-0.4, -0.2) is 36.0 Å². The zero-order valence-corrected chi connectivity index (χ0v) is 19.5. The molecule has 35 heavy (non-hydrogen) atoms. The molecule has 9 nitrogen and oxygen atoms in total. The second-order valence-corrected chi connectivity index (χ2v) is 9.72. The molecule has 4 aromatic rings. The Morgan fingerprint density at radius 1 is 1.17 bits per heavy atom. The lowest BCUT2D eigenvalue weighted by atomic mass is 10.0. The Labute approximate surface area is 200 Å². The number of hydrogen-bond donors (Lipinski definition) is 3. The fourth-order valence-corrected chi connectivity index (χ4v) is 4.59. The highest BCUT2D eigenvalue weighted by Gasteiger charge is 2.32. The largest absolute Gasteiger partial charge is 0.384 e. The van der Waals surface area contributed by atoms with E-state index in [0.29, 0.717) is 22.8 Å². The Bertz CT molecular complexity index is 1520. The first kappa shape index (κ1) is 21.9. The van der Waals surface area contributed by atoms with Gasteiger partial charge in [-0.2, -0.15) is 4.98 Å². The number of aliphatic hydroxyl groups is 1. The molecule has 0 amide bonds. The molecule has 0 bridgehead atoms. The van der Waals surface area contributed by atoms with Crippen molar-refractivity contribution >= 4 is 22.7 Å². The molecule has 1 fully saturated rings. The van der Waals surface area contributed by atoms with Gasteiger partial charge in [0, 0.05) is 18.4 Å².